The summed E-state index contributed by atoms with van der Waals surface area (Å²) in [5, 5.41) is 2.91. The smallest absolute Gasteiger partial charge is 0.412 e. The lowest BCUT2D eigenvalue weighted by Crippen LogP contribution is -2.27. The van der Waals surface area contributed by atoms with Crippen molar-refractivity contribution in [1.82, 2.24) is 9.97 Å². The first-order valence-electron chi connectivity index (χ1n) is 10.7. The zero-order valence-corrected chi connectivity index (χ0v) is 21.2. The van der Waals surface area contributed by atoms with Gasteiger partial charge in [-0.2, -0.15) is 4.36 Å². The van der Waals surface area contributed by atoms with Gasteiger partial charge in [0.1, 0.15) is 11.9 Å². The molecule has 0 fully saturated rings. The number of hydrogen-bond donors (Lipinski definition) is 1. The van der Waals surface area contributed by atoms with E-state index in [1.165, 1.54) is 13.4 Å². The van der Waals surface area contributed by atoms with Crippen LogP contribution in [0.15, 0.2) is 52.0 Å². The number of carbonyl (C=O) groups excluding carboxylic acids is 1. The first kappa shape index (κ1) is 25.2. The minimum atomic E-state index is -2.99. The fourth-order valence-corrected chi connectivity index (χ4v) is 5.01. The number of aromatic nitrogens is 2. The van der Waals surface area contributed by atoms with Gasteiger partial charge < -0.3 is 14.2 Å². The van der Waals surface area contributed by atoms with Crippen LogP contribution in [0.4, 0.5) is 16.3 Å². The second-order valence-corrected chi connectivity index (χ2v) is 11.5. The van der Waals surface area contributed by atoms with Gasteiger partial charge in [-0.25, -0.2) is 19.0 Å². The van der Waals surface area contributed by atoms with E-state index in [1.54, 1.807) is 64.3 Å². The number of anilines is 1. The molecule has 10 heteroatoms. The van der Waals surface area contributed by atoms with E-state index in [4.69, 9.17) is 14.2 Å². The van der Waals surface area contributed by atoms with Gasteiger partial charge in [0.25, 0.3) is 0 Å². The van der Waals surface area contributed by atoms with E-state index in [0.717, 1.165) is 0 Å². The second-order valence-electron chi connectivity index (χ2n) is 8.79. The van der Waals surface area contributed by atoms with Gasteiger partial charge in [-0.15, -0.1) is 0 Å². The van der Waals surface area contributed by atoms with Crippen LogP contribution in [0, 0.1) is 0 Å². The van der Waals surface area contributed by atoms with Crippen molar-refractivity contribution in [3.05, 3.63) is 42.7 Å². The van der Waals surface area contributed by atoms with Gasteiger partial charge in [0.15, 0.2) is 17.3 Å². The summed E-state index contributed by atoms with van der Waals surface area (Å²) >= 11 is 0. The molecule has 1 N–H and O–H groups in total. The number of fused-ring (bicyclic) bond motifs is 1. The molecule has 0 bridgehead atoms. The zero-order valence-electron chi connectivity index (χ0n) is 20.4. The Kier molecular flexibility index (Phi) is 7.30. The Morgan fingerprint density at radius 2 is 1.74 bits per heavy atom. The van der Waals surface area contributed by atoms with Gasteiger partial charge in [0.05, 0.1) is 34.4 Å². The van der Waals surface area contributed by atoms with Crippen LogP contribution in [-0.2, 0) is 14.5 Å². The normalized spacial score (nSPS) is 13.3. The molecule has 34 heavy (non-hydrogen) atoms. The predicted molar refractivity (Wildman–Crippen MR) is 133 cm³/mol. The highest BCUT2D eigenvalue weighted by Gasteiger charge is 2.22. The Bertz CT molecular complexity index is 1320. The molecule has 9 nitrogen and oxygen atoms in total. The molecule has 0 aliphatic carbocycles. The van der Waals surface area contributed by atoms with Crippen LogP contribution in [-0.4, -0.2) is 45.3 Å². The van der Waals surface area contributed by atoms with Crippen molar-refractivity contribution < 1.29 is 23.2 Å². The molecule has 0 spiro atoms. The molecule has 0 aliphatic rings. The Morgan fingerprint density at radius 1 is 1.06 bits per heavy atom. The number of nitrogens with one attached hydrogen (secondary N) is 1. The average molecular weight is 487 g/mol. The summed E-state index contributed by atoms with van der Waals surface area (Å²) in [5.41, 5.74) is 0.395. The molecular weight excluding hydrogens is 456 g/mol. The molecule has 0 aliphatic heterocycles. The zero-order chi connectivity index (χ0) is 25.1. The van der Waals surface area contributed by atoms with Crippen LogP contribution < -0.4 is 14.8 Å². The van der Waals surface area contributed by atoms with Gasteiger partial charge in [0, 0.05) is 22.4 Å². The van der Waals surface area contributed by atoms with E-state index in [0.29, 0.717) is 33.0 Å². The third-order valence-corrected chi connectivity index (χ3v) is 7.45. The third kappa shape index (κ3) is 5.56. The summed E-state index contributed by atoms with van der Waals surface area (Å²) in [6.07, 6.45) is 0.772. The first-order valence-corrected chi connectivity index (χ1v) is 12.3. The molecule has 1 heterocycles. The fraction of sp³-hybridized carbons (Fsp3) is 0.375. The number of benzene rings is 2. The molecule has 1 aromatic heterocycles. The Labute approximate surface area is 200 Å². The molecule has 0 saturated carbocycles. The highest BCUT2D eigenvalue weighted by atomic mass is 32.2. The maximum atomic E-state index is 14.2. The summed E-state index contributed by atoms with van der Waals surface area (Å²) in [4.78, 5) is 21.3. The van der Waals surface area contributed by atoms with Gasteiger partial charge in [-0.3, -0.25) is 5.32 Å². The molecule has 0 radical (unpaired) electrons. The predicted octanol–water partition coefficient (Wildman–Crippen LogP) is 5.56. The van der Waals surface area contributed by atoms with Crippen LogP contribution in [0.5, 0.6) is 11.5 Å². The van der Waals surface area contributed by atoms with Gasteiger partial charge in [-0.1, -0.05) is 6.07 Å². The van der Waals surface area contributed by atoms with E-state index in [-0.39, 0.29) is 11.1 Å². The first-order chi connectivity index (χ1) is 16.0. The number of nitrogens with zero attached hydrogens (tertiary/aromatic N) is 3. The van der Waals surface area contributed by atoms with Crippen molar-refractivity contribution in [1.29, 1.82) is 0 Å². The molecule has 2 aromatic carbocycles. The van der Waals surface area contributed by atoms with Gasteiger partial charge in [-0.05, 0) is 58.9 Å². The largest absolute Gasteiger partial charge is 0.493 e. The van der Waals surface area contributed by atoms with Gasteiger partial charge >= 0.3 is 6.09 Å². The van der Waals surface area contributed by atoms with Crippen molar-refractivity contribution >= 4 is 38.2 Å². The van der Waals surface area contributed by atoms with Crippen molar-refractivity contribution in [3.63, 3.8) is 0 Å². The van der Waals surface area contributed by atoms with E-state index >= 15 is 0 Å². The summed E-state index contributed by atoms with van der Waals surface area (Å²) in [6, 6.07) is 10.2. The molecule has 3 aromatic rings. The standard InChI is InChI=1S/C24H30N4O5S/c1-15(2)34(30,17-10-8-9-16(11-17)27-23(29)33-24(3,4)5)28-22-18-12-20(31-6)21(32-7)13-19(18)25-14-26-22/h8-15H,1-7H3,(H,27,29). The van der Waals surface area contributed by atoms with Crippen LogP contribution in [0.2, 0.25) is 0 Å². The molecule has 182 valence electrons. The van der Waals surface area contributed by atoms with E-state index in [9.17, 15) is 9.00 Å². The fourth-order valence-electron chi connectivity index (χ4n) is 3.18. The van der Waals surface area contributed by atoms with Crippen LogP contribution >= 0.6 is 0 Å². The Balaban J connectivity index is 2.12. The second kappa shape index (κ2) is 9.84. The summed E-state index contributed by atoms with van der Waals surface area (Å²) in [7, 11) is 0.0872. The lowest BCUT2D eigenvalue weighted by molar-refractivity contribution is 0.0636. The SMILES string of the molecule is COc1cc2ncnc(N=S(=O)(c3cccc(NC(=O)OC(C)(C)C)c3)C(C)C)c2cc1OC. The van der Waals surface area contributed by atoms with E-state index in [2.05, 4.69) is 19.6 Å². The maximum absolute atomic E-state index is 14.2. The Hall–Kier alpha value is -3.40. The van der Waals surface area contributed by atoms with Crippen LogP contribution in [0.25, 0.3) is 10.9 Å². The van der Waals surface area contributed by atoms with Crippen LogP contribution in [0.1, 0.15) is 34.6 Å². The molecule has 3 rings (SSSR count). The minimum absolute atomic E-state index is 0.273. The number of carbonyl (C=O) groups is 1. The Morgan fingerprint density at radius 3 is 2.35 bits per heavy atom. The lowest BCUT2D eigenvalue weighted by Gasteiger charge is -2.20. The number of rotatable bonds is 6. The monoisotopic (exact) mass is 486 g/mol. The lowest BCUT2D eigenvalue weighted by atomic mass is 10.2. The topological polar surface area (TPSA) is 112 Å². The highest BCUT2D eigenvalue weighted by Crippen LogP contribution is 2.36. The molecular formula is C24H30N4O5S. The van der Waals surface area contributed by atoms with Crippen molar-refractivity contribution in [2.45, 2.75) is 50.4 Å². The van der Waals surface area contributed by atoms with Crippen molar-refractivity contribution in [3.8, 4) is 11.5 Å². The molecule has 1 atom stereocenters. The number of hydrogen-bond acceptors (Lipinski definition) is 8. The van der Waals surface area contributed by atoms with Crippen molar-refractivity contribution in [2.24, 2.45) is 4.36 Å². The minimum Gasteiger partial charge on any atom is -0.493 e. The van der Waals surface area contributed by atoms with Crippen LogP contribution in [0.3, 0.4) is 0 Å². The van der Waals surface area contributed by atoms with Gasteiger partial charge in [0.2, 0.25) is 0 Å². The molecule has 0 saturated heterocycles. The summed E-state index contributed by atoms with van der Waals surface area (Å²) in [6.45, 7) is 9.00. The maximum Gasteiger partial charge on any atom is 0.412 e. The highest BCUT2D eigenvalue weighted by molar-refractivity contribution is 7.94. The molecule has 1 unspecified atom stereocenters. The summed E-state index contributed by atoms with van der Waals surface area (Å²) < 4.78 is 34.9. The van der Waals surface area contributed by atoms with Crippen molar-refractivity contribution in [2.75, 3.05) is 19.5 Å². The summed E-state index contributed by atoms with van der Waals surface area (Å²) in [5.74, 6) is 1.28. The van der Waals surface area contributed by atoms with E-state index in [1.807, 2.05) is 13.8 Å². The average Bonchev–Trinajstić information content (AvgIpc) is 2.77. The number of ether oxygens (including phenoxy) is 3. The number of amides is 1. The van der Waals surface area contributed by atoms with E-state index < -0.39 is 21.4 Å². The third-order valence-electron chi connectivity index (χ3n) is 4.80. The number of methoxy groups -OCH3 is 2. The molecule has 1 amide bonds. The quantitative estimate of drug-likeness (QED) is 0.485.